The number of nitrogens with zero attached hydrogens (tertiary/aromatic N) is 2. The number of para-hydroxylation sites is 2. The number of thioether (sulfide) groups is 1. The second kappa shape index (κ2) is 8.63. The Kier molecular flexibility index (Phi) is 6.02. The molecule has 1 aromatic heterocycles. The Morgan fingerprint density at radius 3 is 2.81 bits per heavy atom. The molecule has 1 amide bonds. The van der Waals surface area contributed by atoms with Gasteiger partial charge in [0.1, 0.15) is 11.6 Å². The highest BCUT2D eigenvalue weighted by molar-refractivity contribution is 7.99. The average molecular weight is 393 g/mol. The number of benzene rings is 2. The fourth-order valence-electron chi connectivity index (χ4n) is 2.30. The third-order valence-corrected chi connectivity index (χ3v) is 4.37. The van der Waals surface area contributed by atoms with Crippen LogP contribution in [0.4, 0.5) is 18.9 Å². The first-order chi connectivity index (χ1) is 13.0. The monoisotopic (exact) mass is 393 g/mol. The van der Waals surface area contributed by atoms with Crippen molar-refractivity contribution < 1.29 is 22.7 Å². The number of rotatable bonds is 7. The van der Waals surface area contributed by atoms with Crippen LogP contribution in [0, 0.1) is 5.82 Å². The molecule has 0 fully saturated rings. The molecule has 0 aliphatic carbocycles. The van der Waals surface area contributed by atoms with Crippen LogP contribution in [0.5, 0.6) is 5.75 Å². The molecular weight excluding hydrogens is 379 g/mol. The third-order valence-electron chi connectivity index (χ3n) is 3.40. The predicted octanol–water partition coefficient (Wildman–Crippen LogP) is 4.34. The van der Waals surface area contributed by atoms with Crippen LogP contribution in [0.3, 0.4) is 0 Å². The molecule has 0 aliphatic rings. The van der Waals surface area contributed by atoms with Crippen molar-refractivity contribution in [1.29, 1.82) is 0 Å². The number of ether oxygens (including phenoxy) is 1. The summed E-state index contributed by atoms with van der Waals surface area (Å²) in [5.74, 6) is -0.938. The number of aromatic nitrogens is 2. The van der Waals surface area contributed by atoms with Crippen molar-refractivity contribution in [3.8, 4) is 11.4 Å². The number of amides is 1. The highest BCUT2D eigenvalue weighted by atomic mass is 32.2. The summed E-state index contributed by atoms with van der Waals surface area (Å²) in [6.45, 7) is -2.99. The van der Waals surface area contributed by atoms with E-state index in [1.165, 1.54) is 36.5 Å². The number of halogens is 3. The lowest BCUT2D eigenvalue weighted by Crippen LogP contribution is -2.16. The number of imidazole rings is 1. The number of carbonyl (C=O) groups is 1. The number of carbonyl (C=O) groups excluding carboxylic acids is 1. The number of anilines is 1. The molecule has 2 aromatic carbocycles. The van der Waals surface area contributed by atoms with Gasteiger partial charge < -0.3 is 10.1 Å². The van der Waals surface area contributed by atoms with Crippen molar-refractivity contribution in [3.63, 3.8) is 0 Å². The van der Waals surface area contributed by atoms with Gasteiger partial charge in [0.15, 0.2) is 5.16 Å². The largest absolute Gasteiger partial charge is 0.433 e. The van der Waals surface area contributed by atoms with Gasteiger partial charge in [0.25, 0.3) is 0 Å². The maximum Gasteiger partial charge on any atom is 0.387 e. The molecule has 27 heavy (non-hydrogen) atoms. The van der Waals surface area contributed by atoms with Gasteiger partial charge in [-0.2, -0.15) is 8.78 Å². The first kappa shape index (κ1) is 18.8. The van der Waals surface area contributed by atoms with Crippen LogP contribution in [0.15, 0.2) is 66.1 Å². The van der Waals surface area contributed by atoms with E-state index < -0.39 is 12.5 Å². The van der Waals surface area contributed by atoms with Crippen LogP contribution in [-0.4, -0.2) is 27.8 Å². The lowest BCUT2D eigenvalue weighted by molar-refractivity contribution is -0.113. The van der Waals surface area contributed by atoms with Gasteiger partial charge >= 0.3 is 6.61 Å². The summed E-state index contributed by atoms with van der Waals surface area (Å²) >= 11 is 1.13. The summed E-state index contributed by atoms with van der Waals surface area (Å²) in [6.07, 6.45) is 3.19. The minimum Gasteiger partial charge on any atom is -0.433 e. The van der Waals surface area contributed by atoms with Crippen LogP contribution in [0.25, 0.3) is 5.69 Å². The van der Waals surface area contributed by atoms with Crippen LogP contribution >= 0.6 is 11.8 Å². The molecule has 0 saturated carbocycles. The second-order valence-corrected chi connectivity index (χ2v) is 6.21. The van der Waals surface area contributed by atoms with E-state index in [9.17, 15) is 18.0 Å². The Hall–Kier alpha value is -2.94. The second-order valence-electron chi connectivity index (χ2n) is 5.27. The minimum absolute atomic E-state index is 0.0185. The van der Waals surface area contributed by atoms with E-state index in [1.807, 2.05) is 0 Å². The van der Waals surface area contributed by atoms with Crippen molar-refractivity contribution >= 4 is 23.4 Å². The average Bonchev–Trinajstić information content (AvgIpc) is 3.10. The molecule has 5 nitrogen and oxygen atoms in total. The molecule has 0 radical (unpaired) electrons. The quantitative estimate of drug-likeness (QED) is 0.607. The van der Waals surface area contributed by atoms with E-state index in [-0.39, 0.29) is 23.0 Å². The van der Waals surface area contributed by atoms with Gasteiger partial charge in [-0.1, -0.05) is 30.0 Å². The summed E-state index contributed by atoms with van der Waals surface area (Å²) in [6, 6.07) is 11.9. The SMILES string of the molecule is O=C(CSc1nccn1-c1cccc(F)c1)Nc1ccccc1OC(F)F. The molecule has 1 N–H and O–H groups in total. The number of nitrogens with one attached hydrogen (secondary N) is 1. The van der Waals surface area contributed by atoms with Gasteiger partial charge in [-0.25, -0.2) is 9.37 Å². The third kappa shape index (κ3) is 5.04. The van der Waals surface area contributed by atoms with Crippen molar-refractivity contribution in [2.45, 2.75) is 11.8 Å². The Bertz CT molecular complexity index is 933. The standard InChI is InChI=1S/C18H14F3N3O2S/c19-12-4-3-5-13(10-12)24-9-8-22-18(24)27-11-16(25)23-14-6-1-2-7-15(14)26-17(20)21/h1-10,17H,11H2,(H,23,25). The van der Waals surface area contributed by atoms with Gasteiger partial charge in [-0.05, 0) is 30.3 Å². The number of hydrogen-bond donors (Lipinski definition) is 1. The van der Waals surface area contributed by atoms with Crippen molar-refractivity contribution in [2.75, 3.05) is 11.1 Å². The lowest BCUT2D eigenvalue weighted by atomic mass is 10.3. The summed E-state index contributed by atoms with van der Waals surface area (Å²) in [5, 5.41) is 3.02. The Balaban J connectivity index is 1.65. The van der Waals surface area contributed by atoms with E-state index in [1.54, 1.807) is 29.0 Å². The minimum atomic E-state index is -2.99. The highest BCUT2D eigenvalue weighted by Gasteiger charge is 2.13. The lowest BCUT2D eigenvalue weighted by Gasteiger charge is -2.12. The number of hydrogen-bond acceptors (Lipinski definition) is 4. The van der Waals surface area contributed by atoms with Crippen LogP contribution in [0.1, 0.15) is 0 Å². The number of alkyl halides is 2. The zero-order valence-corrected chi connectivity index (χ0v) is 14.6. The predicted molar refractivity (Wildman–Crippen MR) is 95.9 cm³/mol. The molecular formula is C18H14F3N3O2S. The maximum atomic E-state index is 13.4. The van der Waals surface area contributed by atoms with Crippen molar-refractivity contribution in [2.24, 2.45) is 0 Å². The zero-order valence-electron chi connectivity index (χ0n) is 13.8. The fourth-order valence-corrected chi connectivity index (χ4v) is 3.08. The van der Waals surface area contributed by atoms with Crippen LogP contribution in [-0.2, 0) is 4.79 Å². The molecule has 3 aromatic rings. The first-order valence-corrected chi connectivity index (χ1v) is 8.77. The maximum absolute atomic E-state index is 13.4. The van der Waals surface area contributed by atoms with Crippen molar-refractivity contribution in [3.05, 3.63) is 66.7 Å². The molecule has 0 unspecified atom stereocenters. The Labute approximate surface area is 157 Å². The molecule has 0 saturated heterocycles. The first-order valence-electron chi connectivity index (χ1n) is 7.78. The Morgan fingerprint density at radius 1 is 1.22 bits per heavy atom. The summed E-state index contributed by atoms with van der Waals surface area (Å²) in [5.41, 5.74) is 0.725. The molecule has 1 heterocycles. The summed E-state index contributed by atoms with van der Waals surface area (Å²) in [4.78, 5) is 16.3. The molecule has 0 spiro atoms. The van der Waals surface area contributed by atoms with Gasteiger partial charge in [0.05, 0.1) is 17.1 Å². The van der Waals surface area contributed by atoms with E-state index in [4.69, 9.17) is 0 Å². The van der Waals surface area contributed by atoms with E-state index in [2.05, 4.69) is 15.0 Å². The molecule has 9 heteroatoms. The molecule has 0 aliphatic heterocycles. The fraction of sp³-hybridized carbons (Fsp3) is 0.111. The van der Waals surface area contributed by atoms with Gasteiger partial charge in [-0.3, -0.25) is 9.36 Å². The summed E-state index contributed by atoms with van der Waals surface area (Å²) < 4.78 is 44.3. The van der Waals surface area contributed by atoms with E-state index in [0.29, 0.717) is 10.8 Å². The molecule has 3 rings (SSSR count). The van der Waals surface area contributed by atoms with E-state index >= 15 is 0 Å². The Morgan fingerprint density at radius 2 is 2.04 bits per heavy atom. The highest BCUT2D eigenvalue weighted by Crippen LogP contribution is 2.26. The molecule has 140 valence electrons. The van der Waals surface area contributed by atoms with Gasteiger partial charge in [0, 0.05) is 12.4 Å². The van der Waals surface area contributed by atoms with Crippen LogP contribution < -0.4 is 10.1 Å². The molecule has 0 atom stereocenters. The van der Waals surface area contributed by atoms with E-state index in [0.717, 1.165) is 11.8 Å². The van der Waals surface area contributed by atoms with Gasteiger partial charge in [0.2, 0.25) is 5.91 Å². The van der Waals surface area contributed by atoms with Crippen molar-refractivity contribution in [1.82, 2.24) is 9.55 Å². The van der Waals surface area contributed by atoms with Gasteiger partial charge in [-0.15, -0.1) is 0 Å². The summed E-state index contributed by atoms with van der Waals surface area (Å²) in [7, 11) is 0. The van der Waals surface area contributed by atoms with Crippen LogP contribution in [0.2, 0.25) is 0 Å². The molecule has 0 bridgehead atoms. The normalized spacial score (nSPS) is 10.8. The zero-order chi connectivity index (χ0) is 19.2. The topological polar surface area (TPSA) is 56.2 Å². The smallest absolute Gasteiger partial charge is 0.387 e.